The molecule has 0 aliphatic rings. The number of H-pyrrole nitrogens is 1. The van der Waals surface area contributed by atoms with Crippen LogP contribution in [0.25, 0.3) is 11.4 Å². The van der Waals surface area contributed by atoms with Gasteiger partial charge >= 0.3 is 0 Å². The molecule has 6 heteroatoms. The number of rotatable bonds is 3. The Hall–Kier alpha value is -0.950. The van der Waals surface area contributed by atoms with Gasteiger partial charge in [0.1, 0.15) is 5.82 Å². The Morgan fingerprint density at radius 1 is 1.47 bits per heavy atom. The van der Waals surface area contributed by atoms with Crippen LogP contribution in [0, 0.1) is 9.39 Å². The molecule has 0 radical (unpaired) electrons. The fraction of sp³-hybridized carbons (Fsp3) is 0.231. The van der Waals surface area contributed by atoms with Crippen LogP contribution in [0.1, 0.15) is 19.0 Å². The van der Waals surface area contributed by atoms with E-state index in [0.29, 0.717) is 15.7 Å². The molecule has 2 aromatic rings. The normalized spacial score (nSPS) is 10.7. The number of hydrogen-bond acceptors (Lipinski definition) is 2. The van der Waals surface area contributed by atoms with Crippen molar-refractivity contribution in [1.82, 2.24) is 9.97 Å². The highest BCUT2D eigenvalue weighted by molar-refractivity contribution is 14.1. The molecule has 2 rings (SSSR count). The summed E-state index contributed by atoms with van der Waals surface area (Å²) in [5.41, 5.74) is 0.632. The number of hydrogen-bond donors (Lipinski definition) is 1. The number of aromatic nitrogens is 2. The van der Waals surface area contributed by atoms with Crippen LogP contribution in [0.2, 0.25) is 5.02 Å². The first-order chi connectivity index (χ1) is 9.04. The van der Waals surface area contributed by atoms with Crippen LogP contribution < -0.4 is 5.56 Å². The fourth-order valence-electron chi connectivity index (χ4n) is 1.72. The number of nitrogens with one attached hydrogen (secondary N) is 1. The second-order valence-corrected chi connectivity index (χ2v) is 5.51. The minimum Gasteiger partial charge on any atom is -0.306 e. The standard InChI is InChI=1S/C13H11ClFIN2O/c1-2-4-9-11(16)13(19)18-12(17-9)7-5-3-6-8(14)10(7)15/h3,5-6H,2,4H2,1H3,(H,17,18,19). The summed E-state index contributed by atoms with van der Waals surface area (Å²) in [4.78, 5) is 18.8. The van der Waals surface area contributed by atoms with Crippen molar-refractivity contribution in [1.29, 1.82) is 0 Å². The second-order valence-electron chi connectivity index (χ2n) is 4.03. The van der Waals surface area contributed by atoms with E-state index in [-0.39, 0.29) is 22.0 Å². The molecule has 0 unspecified atom stereocenters. The van der Waals surface area contributed by atoms with Crippen molar-refractivity contribution in [2.45, 2.75) is 19.8 Å². The van der Waals surface area contributed by atoms with Gasteiger partial charge in [-0.15, -0.1) is 0 Å². The predicted molar refractivity (Wildman–Crippen MR) is 82.0 cm³/mol. The van der Waals surface area contributed by atoms with Gasteiger partial charge in [-0.1, -0.05) is 31.0 Å². The molecule has 100 valence electrons. The topological polar surface area (TPSA) is 45.8 Å². The summed E-state index contributed by atoms with van der Waals surface area (Å²) >= 11 is 7.69. The zero-order valence-corrected chi connectivity index (χ0v) is 13.0. The lowest BCUT2D eigenvalue weighted by Crippen LogP contribution is -2.16. The van der Waals surface area contributed by atoms with Crippen LogP contribution in [0.5, 0.6) is 0 Å². The fourth-order valence-corrected chi connectivity index (χ4v) is 2.42. The van der Waals surface area contributed by atoms with Gasteiger partial charge < -0.3 is 4.98 Å². The molecule has 0 fully saturated rings. The Kier molecular flexibility index (Phi) is 4.57. The molecular weight excluding hydrogens is 382 g/mol. The number of nitrogens with zero attached hydrogens (tertiary/aromatic N) is 1. The Morgan fingerprint density at radius 2 is 2.21 bits per heavy atom. The summed E-state index contributed by atoms with van der Waals surface area (Å²) in [6.07, 6.45) is 1.54. The first-order valence-electron chi connectivity index (χ1n) is 5.77. The molecule has 0 aliphatic carbocycles. The van der Waals surface area contributed by atoms with E-state index < -0.39 is 5.82 Å². The lowest BCUT2D eigenvalue weighted by molar-refractivity contribution is 0.630. The quantitative estimate of drug-likeness (QED) is 0.808. The first kappa shape index (κ1) is 14.5. The molecule has 1 heterocycles. The van der Waals surface area contributed by atoms with Crippen molar-refractivity contribution in [2.75, 3.05) is 0 Å². The van der Waals surface area contributed by atoms with Gasteiger partial charge in [0.15, 0.2) is 5.82 Å². The highest BCUT2D eigenvalue weighted by Gasteiger charge is 2.14. The summed E-state index contributed by atoms with van der Waals surface area (Å²) in [5.74, 6) is -0.357. The number of halogens is 3. The summed E-state index contributed by atoms with van der Waals surface area (Å²) in [6, 6.07) is 4.62. The highest BCUT2D eigenvalue weighted by atomic mass is 127. The Morgan fingerprint density at radius 3 is 2.89 bits per heavy atom. The van der Waals surface area contributed by atoms with E-state index in [1.165, 1.54) is 6.07 Å². The molecule has 0 saturated carbocycles. The van der Waals surface area contributed by atoms with Gasteiger partial charge in [0.2, 0.25) is 0 Å². The van der Waals surface area contributed by atoms with Gasteiger partial charge in [0, 0.05) is 0 Å². The zero-order valence-electron chi connectivity index (χ0n) is 10.1. The summed E-state index contributed by atoms with van der Waals surface area (Å²) < 4.78 is 14.5. The molecule has 1 aromatic carbocycles. The maximum Gasteiger partial charge on any atom is 0.264 e. The van der Waals surface area contributed by atoms with Crippen LogP contribution in [0.4, 0.5) is 4.39 Å². The van der Waals surface area contributed by atoms with Crippen LogP contribution in [-0.2, 0) is 6.42 Å². The molecule has 1 aromatic heterocycles. The molecule has 1 N–H and O–H groups in total. The van der Waals surface area contributed by atoms with Gasteiger partial charge in [-0.2, -0.15) is 0 Å². The van der Waals surface area contributed by atoms with Crippen molar-refractivity contribution >= 4 is 34.2 Å². The molecule has 19 heavy (non-hydrogen) atoms. The van der Waals surface area contributed by atoms with Crippen molar-refractivity contribution in [3.8, 4) is 11.4 Å². The minimum atomic E-state index is -0.573. The van der Waals surface area contributed by atoms with Crippen LogP contribution in [-0.4, -0.2) is 9.97 Å². The summed E-state index contributed by atoms with van der Waals surface area (Å²) in [7, 11) is 0. The lowest BCUT2D eigenvalue weighted by atomic mass is 10.2. The van der Waals surface area contributed by atoms with Crippen LogP contribution in [0.3, 0.4) is 0 Å². The molecule has 3 nitrogen and oxygen atoms in total. The molecule has 0 spiro atoms. The third kappa shape index (κ3) is 2.97. The lowest BCUT2D eigenvalue weighted by Gasteiger charge is -2.07. The van der Waals surface area contributed by atoms with E-state index in [1.807, 2.05) is 29.5 Å². The molecule has 0 saturated heterocycles. The largest absolute Gasteiger partial charge is 0.306 e. The van der Waals surface area contributed by atoms with Gasteiger partial charge in [0.25, 0.3) is 5.56 Å². The van der Waals surface area contributed by atoms with E-state index in [1.54, 1.807) is 12.1 Å². The van der Waals surface area contributed by atoms with Crippen molar-refractivity contribution < 1.29 is 4.39 Å². The van der Waals surface area contributed by atoms with E-state index in [9.17, 15) is 9.18 Å². The van der Waals surface area contributed by atoms with Crippen molar-refractivity contribution in [2.24, 2.45) is 0 Å². The third-order valence-electron chi connectivity index (χ3n) is 2.62. The van der Waals surface area contributed by atoms with E-state index in [2.05, 4.69) is 9.97 Å². The first-order valence-corrected chi connectivity index (χ1v) is 7.23. The average Bonchev–Trinajstić information content (AvgIpc) is 2.38. The third-order valence-corrected chi connectivity index (χ3v) is 4.03. The number of benzene rings is 1. The average molecular weight is 393 g/mol. The Balaban J connectivity index is 2.63. The monoisotopic (exact) mass is 392 g/mol. The maximum atomic E-state index is 13.9. The SMILES string of the molecule is CCCc1nc(-c2cccc(Cl)c2F)[nH]c(=O)c1I. The predicted octanol–water partition coefficient (Wildman–Crippen LogP) is 3.79. The number of aromatic amines is 1. The highest BCUT2D eigenvalue weighted by Crippen LogP contribution is 2.25. The van der Waals surface area contributed by atoms with Crippen LogP contribution in [0.15, 0.2) is 23.0 Å². The van der Waals surface area contributed by atoms with Gasteiger partial charge in [-0.25, -0.2) is 9.37 Å². The molecule has 0 amide bonds. The molecule has 0 atom stereocenters. The zero-order chi connectivity index (χ0) is 14.0. The summed E-state index contributed by atoms with van der Waals surface area (Å²) in [6.45, 7) is 2.00. The van der Waals surface area contributed by atoms with E-state index >= 15 is 0 Å². The minimum absolute atomic E-state index is 0.00994. The molecular formula is C13H11ClFIN2O. The maximum absolute atomic E-state index is 13.9. The van der Waals surface area contributed by atoms with Crippen molar-refractivity contribution in [3.63, 3.8) is 0 Å². The Bertz CT molecular complexity index is 672. The van der Waals surface area contributed by atoms with Gasteiger partial charge in [0.05, 0.1) is 19.9 Å². The smallest absolute Gasteiger partial charge is 0.264 e. The molecule has 0 aliphatic heterocycles. The summed E-state index contributed by atoms with van der Waals surface area (Å²) in [5, 5.41) is 0.00994. The van der Waals surface area contributed by atoms with E-state index in [0.717, 1.165) is 6.42 Å². The molecule has 0 bridgehead atoms. The van der Waals surface area contributed by atoms with Crippen molar-refractivity contribution in [3.05, 3.63) is 48.7 Å². The van der Waals surface area contributed by atoms with E-state index in [4.69, 9.17) is 11.6 Å². The van der Waals surface area contributed by atoms with Crippen LogP contribution >= 0.6 is 34.2 Å². The van der Waals surface area contributed by atoms with Gasteiger partial charge in [-0.3, -0.25) is 4.79 Å². The van der Waals surface area contributed by atoms with Gasteiger partial charge in [-0.05, 0) is 41.1 Å². The second kappa shape index (κ2) is 6.00. The Labute approximate surface area is 128 Å². The number of aryl methyl sites for hydroxylation is 1.